The van der Waals surface area contributed by atoms with E-state index in [1.54, 1.807) is 0 Å². The molecule has 1 amide bonds. The molecule has 2 aliphatic carbocycles. The van der Waals surface area contributed by atoms with Crippen molar-refractivity contribution < 1.29 is 14.6 Å². The van der Waals surface area contributed by atoms with E-state index in [1.165, 1.54) is 0 Å². The summed E-state index contributed by atoms with van der Waals surface area (Å²) >= 11 is 0. The second-order valence-electron chi connectivity index (χ2n) is 6.13. The number of aliphatic hydroxyl groups excluding tert-OH is 1. The first-order valence-corrected chi connectivity index (χ1v) is 7.31. The lowest BCUT2D eigenvalue weighted by molar-refractivity contribution is -0.142. The molecule has 2 saturated carbocycles. The fourth-order valence-corrected chi connectivity index (χ4v) is 3.39. The zero-order valence-corrected chi connectivity index (χ0v) is 11.5. The van der Waals surface area contributed by atoms with Crippen LogP contribution < -0.4 is 5.32 Å². The molecule has 0 aromatic heterocycles. The Bertz CT molecular complexity index is 468. The minimum Gasteiger partial charge on any atom is -0.445 e. The normalized spacial score (nSPS) is 31.2. The van der Waals surface area contributed by atoms with Crippen LogP contribution in [0.4, 0.5) is 4.79 Å². The summed E-state index contributed by atoms with van der Waals surface area (Å²) in [5.74, 6) is 0.495. The first-order chi connectivity index (χ1) is 9.68. The lowest BCUT2D eigenvalue weighted by atomic mass is 9.50. The zero-order valence-electron chi connectivity index (χ0n) is 11.5. The van der Waals surface area contributed by atoms with E-state index in [1.807, 2.05) is 30.3 Å². The van der Waals surface area contributed by atoms with Crippen molar-refractivity contribution in [3.8, 4) is 0 Å². The highest BCUT2D eigenvalue weighted by Crippen LogP contribution is 2.58. The number of aliphatic hydroxyl groups is 1. The summed E-state index contributed by atoms with van der Waals surface area (Å²) in [4.78, 5) is 11.6. The largest absolute Gasteiger partial charge is 0.445 e. The van der Waals surface area contributed by atoms with E-state index in [0.717, 1.165) is 31.2 Å². The van der Waals surface area contributed by atoms with Gasteiger partial charge >= 0.3 is 6.09 Å². The average Bonchev–Trinajstić information content (AvgIpc) is 2.43. The van der Waals surface area contributed by atoms with Crippen LogP contribution in [-0.2, 0) is 11.3 Å². The molecule has 3 rings (SSSR count). The summed E-state index contributed by atoms with van der Waals surface area (Å²) in [7, 11) is 0. The lowest BCUT2D eigenvalue weighted by Gasteiger charge is -2.57. The van der Waals surface area contributed by atoms with Gasteiger partial charge < -0.3 is 15.2 Å². The number of nitrogens with one attached hydrogen (secondary N) is 1. The van der Waals surface area contributed by atoms with Crippen molar-refractivity contribution >= 4 is 6.09 Å². The van der Waals surface area contributed by atoms with Crippen molar-refractivity contribution in [2.24, 2.45) is 11.3 Å². The van der Waals surface area contributed by atoms with Gasteiger partial charge in [0.2, 0.25) is 0 Å². The van der Waals surface area contributed by atoms with Crippen molar-refractivity contribution in [3.63, 3.8) is 0 Å². The highest BCUT2D eigenvalue weighted by atomic mass is 16.5. The fourth-order valence-electron chi connectivity index (χ4n) is 3.39. The van der Waals surface area contributed by atoms with Crippen LogP contribution in [0.3, 0.4) is 0 Å². The third-order valence-corrected chi connectivity index (χ3v) is 4.76. The Balaban J connectivity index is 1.32. The first kappa shape index (κ1) is 13.4. The number of amides is 1. The number of ether oxygens (including phenoxy) is 1. The van der Waals surface area contributed by atoms with Crippen LogP contribution in [0.2, 0.25) is 0 Å². The van der Waals surface area contributed by atoms with Gasteiger partial charge in [0.05, 0.1) is 6.10 Å². The molecule has 0 saturated heterocycles. The number of hydrogen-bond acceptors (Lipinski definition) is 3. The van der Waals surface area contributed by atoms with Crippen molar-refractivity contribution in [3.05, 3.63) is 35.9 Å². The van der Waals surface area contributed by atoms with Crippen LogP contribution in [0.1, 0.15) is 31.2 Å². The smallest absolute Gasteiger partial charge is 0.407 e. The van der Waals surface area contributed by atoms with Crippen molar-refractivity contribution in [1.29, 1.82) is 0 Å². The number of carbonyl (C=O) groups excluding carboxylic acids is 1. The molecular weight excluding hydrogens is 254 g/mol. The Morgan fingerprint density at radius 3 is 2.70 bits per heavy atom. The zero-order chi connectivity index (χ0) is 14.0. The Morgan fingerprint density at radius 2 is 2.10 bits per heavy atom. The maximum absolute atomic E-state index is 11.6. The third kappa shape index (κ3) is 2.66. The summed E-state index contributed by atoms with van der Waals surface area (Å²) in [6.45, 7) is 0.960. The lowest BCUT2D eigenvalue weighted by Crippen LogP contribution is -2.55. The molecule has 1 aromatic rings. The monoisotopic (exact) mass is 275 g/mol. The summed E-state index contributed by atoms with van der Waals surface area (Å²) in [6, 6.07) is 9.65. The van der Waals surface area contributed by atoms with Crippen molar-refractivity contribution in [1.82, 2.24) is 5.32 Å². The van der Waals surface area contributed by atoms with E-state index < -0.39 is 0 Å². The molecule has 0 radical (unpaired) electrons. The van der Waals surface area contributed by atoms with E-state index in [4.69, 9.17) is 4.74 Å². The van der Waals surface area contributed by atoms with E-state index in [9.17, 15) is 9.90 Å². The number of benzene rings is 1. The van der Waals surface area contributed by atoms with Gasteiger partial charge in [0.15, 0.2) is 0 Å². The van der Waals surface area contributed by atoms with Gasteiger partial charge in [0, 0.05) is 6.54 Å². The van der Waals surface area contributed by atoms with Gasteiger partial charge in [-0.05, 0) is 42.6 Å². The Morgan fingerprint density at radius 1 is 1.35 bits per heavy atom. The standard InChI is InChI=1S/C16H21NO3/c18-14-6-7-16(14)8-13(9-16)10-17-15(19)20-11-12-4-2-1-3-5-12/h1-5,13-14,18H,6-11H2,(H,17,19). The molecule has 2 fully saturated rings. The van der Waals surface area contributed by atoms with Gasteiger partial charge in [0.25, 0.3) is 0 Å². The topological polar surface area (TPSA) is 58.6 Å². The maximum Gasteiger partial charge on any atom is 0.407 e. The first-order valence-electron chi connectivity index (χ1n) is 7.31. The van der Waals surface area contributed by atoms with Gasteiger partial charge in [-0.25, -0.2) is 4.79 Å². The minimum atomic E-state index is -0.357. The molecule has 2 aliphatic rings. The highest BCUT2D eigenvalue weighted by Gasteiger charge is 2.54. The molecule has 1 spiro atoms. The van der Waals surface area contributed by atoms with Gasteiger partial charge in [-0.15, -0.1) is 0 Å². The molecule has 108 valence electrons. The molecule has 2 N–H and O–H groups in total. The average molecular weight is 275 g/mol. The number of rotatable bonds is 4. The molecule has 0 heterocycles. The summed E-state index contributed by atoms with van der Waals surface area (Å²) in [5, 5.41) is 12.5. The Labute approximate surface area is 119 Å². The Kier molecular flexibility index (Phi) is 3.66. The van der Waals surface area contributed by atoms with Gasteiger partial charge in [0.1, 0.15) is 6.61 Å². The van der Waals surface area contributed by atoms with Gasteiger partial charge in [-0.1, -0.05) is 30.3 Å². The molecule has 4 nitrogen and oxygen atoms in total. The summed E-state index contributed by atoms with van der Waals surface area (Å²) < 4.78 is 5.16. The second-order valence-corrected chi connectivity index (χ2v) is 6.13. The van der Waals surface area contributed by atoms with E-state index in [-0.39, 0.29) is 17.6 Å². The van der Waals surface area contributed by atoms with E-state index in [2.05, 4.69) is 5.32 Å². The van der Waals surface area contributed by atoms with Gasteiger partial charge in [-0.3, -0.25) is 0 Å². The molecular formula is C16H21NO3. The van der Waals surface area contributed by atoms with E-state index >= 15 is 0 Å². The minimum absolute atomic E-state index is 0.108. The number of carbonyl (C=O) groups is 1. The highest BCUT2D eigenvalue weighted by molar-refractivity contribution is 5.67. The van der Waals surface area contributed by atoms with Crippen LogP contribution in [-0.4, -0.2) is 23.8 Å². The van der Waals surface area contributed by atoms with Crippen LogP contribution in [0.5, 0.6) is 0 Å². The predicted octanol–water partition coefficient (Wildman–Crippen LogP) is 2.46. The summed E-state index contributed by atoms with van der Waals surface area (Å²) in [6.07, 6.45) is 3.69. The van der Waals surface area contributed by atoms with Crippen LogP contribution in [0.25, 0.3) is 0 Å². The van der Waals surface area contributed by atoms with Crippen LogP contribution in [0, 0.1) is 11.3 Å². The van der Waals surface area contributed by atoms with Gasteiger partial charge in [-0.2, -0.15) is 0 Å². The van der Waals surface area contributed by atoms with Crippen LogP contribution in [0.15, 0.2) is 30.3 Å². The molecule has 20 heavy (non-hydrogen) atoms. The molecule has 1 aromatic carbocycles. The number of alkyl carbamates (subject to hydrolysis) is 1. The van der Waals surface area contributed by atoms with E-state index in [0.29, 0.717) is 19.1 Å². The quantitative estimate of drug-likeness (QED) is 0.887. The predicted molar refractivity (Wildman–Crippen MR) is 75.0 cm³/mol. The van der Waals surface area contributed by atoms with Crippen molar-refractivity contribution in [2.45, 2.75) is 38.4 Å². The maximum atomic E-state index is 11.6. The molecule has 0 bridgehead atoms. The second kappa shape index (κ2) is 5.44. The fraction of sp³-hybridized carbons (Fsp3) is 0.562. The molecule has 0 aliphatic heterocycles. The SMILES string of the molecule is O=C(NCC1CC2(CCC2O)C1)OCc1ccccc1. The molecule has 4 heteroatoms. The van der Waals surface area contributed by atoms with Crippen molar-refractivity contribution in [2.75, 3.05) is 6.54 Å². The third-order valence-electron chi connectivity index (χ3n) is 4.76. The Hall–Kier alpha value is -1.55. The molecule has 1 atom stereocenters. The van der Waals surface area contributed by atoms with Crippen LogP contribution >= 0.6 is 0 Å². The summed E-state index contributed by atoms with van der Waals surface area (Å²) in [5.41, 5.74) is 1.18. The molecule has 1 unspecified atom stereocenters. The number of hydrogen-bond donors (Lipinski definition) is 2.